The van der Waals surface area contributed by atoms with Gasteiger partial charge in [0.1, 0.15) is 0 Å². The number of nitrogens with one attached hydrogen (secondary N) is 2. The highest BCUT2D eigenvalue weighted by Gasteiger charge is 2.22. The van der Waals surface area contributed by atoms with Crippen molar-refractivity contribution in [1.82, 2.24) is 10.2 Å². The van der Waals surface area contributed by atoms with Crippen LogP contribution in [0.3, 0.4) is 0 Å². The van der Waals surface area contributed by atoms with Gasteiger partial charge in [0.15, 0.2) is 0 Å². The largest absolute Gasteiger partial charge is 0.326 e. The highest BCUT2D eigenvalue weighted by molar-refractivity contribution is 7.99. The van der Waals surface area contributed by atoms with Crippen LogP contribution >= 0.6 is 36.6 Å². The zero-order valence-corrected chi connectivity index (χ0v) is 18.6. The number of carbonyl (C=O) groups excluding carboxylic acids is 1. The predicted octanol–water partition coefficient (Wildman–Crippen LogP) is 4.04. The van der Waals surface area contributed by atoms with Crippen LogP contribution in [-0.4, -0.2) is 48.5 Å². The van der Waals surface area contributed by atoms with Gasteiger partial charge in [-0.1, -0.05) is 19.1 Å². The van der Waals surface area contributed by atoms with Crippen molar-refractivity contribution in [1.29, 1.82) is 0 Å². The number of amides is 1. The van der Waals surface area contributed by atoms with Crippen molar-refractivity contribution in [3.63, 3.8) is 0 Å². The summed E-state index contributed by atoms with van der Waals surface area (Å²) in [6.45, 7) is 7.69. The van der Waals surface area contributed by atoms with E-state index in [1.807, 2.05) is 17.8 Å². The normalized spacial score (nSPS) is 21.4. The molecule has 1 amide bonds. The SMILES string of the molecule is CC(CC(=O)Nc1cccc(CN2CCSCC2)c1)C1CCCNC1.Cl.Cl. The van der Waals surface area contributed by atoms with E-state index in [4.69, 9.17) is 0 Å². The average Bonchev–Trinajstić information content (AvgIpc) is 2.63. The van der Waals surface area contributed by atoms with Crippen LogP contribution in [0.4, 0.5) is 5.69 Å². The number of halogens is 2. The molecule has 1 aromatic rings. The summed E-state index contributed by atoms with van der Waals surface area (Å²) in [6.07, 6.45) is 3.08. The Balaban J connectivity index is 0.00000182. The molecule has 2 saturated heterocycles. The zero-order chi connectivity index (χ0) is 17.5. The predicted molar refractivity (Wildman–Crippen MR) is 122 cm³/mol. The van der Waals surface area contributed by atoms with Gasteiger partial charge in [-0.15, -0.1) is 24.8 Å². The molecule has 0 bridgehead atoms. The fraction of sp³-hybridized carbons (Fsp3) is 0.650. The van der Waals surface area contributed by atoms with E-state index >= 15 is 0 Å². The molecule has 2 aliphatic rings. The minimum Gasteiger partial charge on any atom is -0.326 e. The molecule has 2 heterocycles. The van der Waals surface area contributed by atoms with Crippen molar-refractivity contribution in [2.45, 2.75) is 32.7 Å². The molecule has 1 aromatic carbocycles. The van der Waals surface area contributed by atoms with E-state index in [0.717, 1.165) is 38.4 Å². The van der Waals surface area contributed by atoms with Gasteiger partial charge in [0.2, 0.25) is 5.91 Å². The van der Waals surface area contributed by atoms with Gasteiger partial charge < -0.3 is 10.6 Å². The fourth-order valence-corrected chi connectivity index (χ4v) is 4.78. The van der Waals surface area contributed by atoms with Crippen LogP contribution in [0.2, 0.25) is 0 Å². The van der Waals surface area contributed by atoms with Gasteiger partial charge in [-0.25, -0.2) is 0 Å². The smallest absolute Gasteiger partial charge is 0.224 e. The van der Waals surface area contributed by atoms with E-state index in [0.29, 0.717) is 18.3 Å². The second kappa shape index (κ2) is 12.9. The molecule has 0 saturated carbocycles. The third-order valence-corrected chi connectivity index (χ3v) is 6.31. The first-order valence-corrected chi connectivity index (χ1v) is 10.8. The molecule has 2 atom stereocenters. The Morgan fingerprint density at radius 2 is 2.11 bits per heavy atom. The molecule has 4 nitrogen and oxygen atoms in total. The molecule has 154 valence electrons. The van der Waals surface area contributed by atoms with E-state index in [-0.39, 0.29) is 30.7 Å². The van der Waals surface area contributed by atoms with Gasteiger partial charge in [-0.2, -0.15) is 11.8 Å². The highest BCUT2D eigenvalue weighted by Crippen LogP contribution is 2.23. The van der Waals surface area contributed by atoms with Crippen LogP contribution in [-0.2, 0) is 11.3 Å². The van der Waals surface area contributed by atoms with Crippen molar-refractivity contribution < 1.29 is 4.79 Å². The third kappa shape index (κ3) is 8.20. The number of rotatable bonds is 6. The summed E-state index contributed by atoms with van der Waals surface area (Å²) in [5.74, 6) is 3.66. The molecule has 2 aliphatic heterocycles. The Hall–Kier alpha value is -0.460. The lowest BCUT2D eigenvalue weighted by Crippen LogP contribution is -2.34. The summed E-state index contributed by atoms with van der Waals surface area (Å²) in [7, 11) is 0. The molecule has 27 heavy (non-hydrogen) atoms. The summed E-state index contributed by atoms with van der Waals surface area (Å²) < 4.78 is 0. The number of anilines is 1. The Morgan fingerprint density at radius 1 is 1.33 bits per heavy atom. The molecule has 7 heteroatoms. The third-order valence-electron chi connectivity index (χ3n) is 5.37. The lowest BCUT2D eigenvalue weighted by atomic mass is 9.85. The van der Waals surface area contributed by atoms with Crippen molar-refractivity contribution in [3.05, 3.63) is 29.8 Å². The van der Waals surface area contributed by atoms with E-state index in [1.54, 1.807) is 0 Å². The lowest BCUT2D eigenvalue weighted by molar-refractivity contribution is -0.117. The summed E-state index contributed by atoms with van der Waals surface area (Å²) in [4.78, 5) is 14.9. The highest BCUT2D eigenvalue weighted by atomic mass is 35.5. The minimum atomic E-state index is 0. The maximum absolute atomic E-state index is 12.4. The number of hydrogen-bond acceptors (Lipinski definition) is 4. The van der Waals surface area contributed by atoms with Crippen LogP contribution in [0.25, 0.3) is 0 Å². The molecule has 0 spiro atoms. The number of piperidine rings is 1. The van der Waals surface area contributed by atoms with Gasteiger partial charge in [0.05, 0.1) is 0 Å². The van der Waals surface area contributed by atoms with Crippen molar-refractivity contribution in [3.8, 4) is 0 Å². The number of nitrogens with zero attached hydrogens (tertiary/aromatic N) is 1. The Bertz CT molecular complexity index is 564. The monoisotopic (exact) mass is 433 g/mol. The fourth-order valence-electron chi connectivity index (χ4n) is 3.80. The summed E-state index contributed by atoms with van der Waals surface area (Å²) >= 11 is 2.03. The maximum Gasteiger partial charge on any atom is 0.224 e. The van der Waals surface area contributed by atoms with Crippen LogP contribution in [0, 0.1) is 11.8 Å². The maximum atomic E-state index is 12.4. The average molecular weight is 434 g/mol. The van der Waals surface area contributed by atoms with E-state index in [2.05, 4.69) is 40.7 Å². The number of thioether (sulfide) groups is 1. The second-order valence-electron chi connectivity index (χ2n) is 7.42. The standard InChI is InChI=1S/C20H31N3OS.2ClH/c1-16(18-5-3-7-21-14-18)12-20(24)22-19-6-2-4-17(13-19)15-23-8-10-25-11-9-23;;/h2,4,6,13,16,18,21H,3,5,7-12,14-15H2,1H3,(H,22,24);2*1H. The van der Waals surface area contributed by atoms with E-state index < -0.39 is 0 Å². The minimum absolute atomic E-state index is 0. The van der Waals surface area contributed by atoms with Gasteiger partial charge in [0, 0.05) is 43.2 Å². The topological polar surface area (TPSA) is 44.4 Å². The van der Waals surface area contributed by atoms with E-state index in [9.17, 15) is 4.79 Å². The molecule has 2 unspecified atom stereocenters. The van der Waals surface area contributed by atoms with Crippen molar-refractivity contribution >= 4 is 48.2 Å². The molecular weight excluding hydrogens is 401 g/mol. The number of carbonyl (C=O) groups is 1. The van der Waals surface area contributed by atoms with Gasteiger partial charge in [-0.05, 0) is 55.5 Å². The molecule has 2 fully saturated rings. The first kappa shape index (κ1) is 24.6. The first-order chi connectivity index (χ1) is 12.2. The molecule has 0 aromatic heterocycles. The zero-order valence-electron chi connectivity index (χ0n) is 16.1. The van der Waals surface area contributed by atoms with Crippen LogP contribution < -0.4 is 10.6 Å². The molecule has 0 radical (unpaired) electrons. The molecule has 0 aliphatic carbocycles. The van der Waals surface area contributed by atoms with Crippen LogP contribution in [0.15, 0.2) is 24.3 Å². The summed E-state index contributed by atoms with van der Waals surface area (Å²) in [5, 5.41) is 6.55. The number of benzene rings is 1. The number of hydrogen-bond donors (Lipinski definition) is 2. The van der Waals surface area contributed by atoms with Crippen LogP contribution in [0.1, 0.15) is 31.7 Å². The van der Waals surface area contributed by atoms with Crippen molar-refractivity contribution in [2.24, 2.45) is 11.8 Å². The summed E-state index contributed by atoms with van der Waals surface area (Å²) in [5.41, 5.74) is 2.22. The Kier molecular flexibility index (Phi) is 11.7. The second-order valence-corrected chi connectivity index (χ2v) is 8.65. The van der Waals surface area contributed by atoms with Crippen LogP contribution in [0.5, 0.6) is 0 Å². The van der Waals surface area contributed by atoms with Gasteiger partial charge in [0.25, 0.3) is 0 Å². The molecular formula is C20H33Cl2N3OS. The molecule has 2 N–H and O–H groups in total. The first-order valence-electron chi connectivity index (χ1n) is 9.60. The van der Waals surface area contributed by atoms with Crippen molar-refractivity contribution in [2.75, 3.05) is 43.0 Å². The van der Waals surface area contributed by atoms with Gasteiger partial charge in [-0.3, -0.25) is 9.69 Å². The lowest BCUT2D eigenvalue weighted by Gasteiger charge is -2.28. The Labute approximate surface area is 180 Å². The van der Waals surface area contributed by atoms with Gasteiger partial charge >= 0.3 is 0 Å². The molecule has 3 rings (SSSR count). The summed E-state index contributed by atoms with van der Waals surface area (Å²) in [6, 6.07) is 8.35. The van der Waals surface area contributed by atoms with E-state index in [1.165, 1.54) is 29.9 Å². The quantitative estimate of drug-likeness (QED) is 0.709. The Morgan fingerprint density at radius 3 is 2.81 bits per heavy atom.